The van der Waals surface area contributed by atoms with Crippen LogP contribution >= 0.6 is 45.3 Å². The zero-order chi connectivity index (χ0) is 40.2. The molecule has 4 aromatic carbocycles. The number of allylic oxidation sites excluding steroid dienone is 2. The van der Waals surface area contributed by atoms with E-state index in [1.807, 2.05) is 0 Å². The predicted octanol–water partition coefficient (Wildman–Crippen LogP) is 12.0. The molecule has 4 aliphatic rings. The molecule has 0 amide bonds. The summed E-state index contributed by atoms with van der Waals surface area (Å²) in [6, 6.07) is 9.74. The molecular weight excluding hydrogens is 841 g/mol. The highest BCUT2D eigenvalue weighted by molar-refractivity contribution is 7.34. The maximum Gasteiger partial charge on any atom is 0.197 e. The number of ether oxygens (including phenoxy) is 1. The van der Waals surface area contributed by atoms with E-state index in [4.69, 9.17) is 14.7 Å². The Morgan fingerprint density at radius 1 is 0.525 bits per heavy atom. The van der Waals surface area contributed by atoms with Crippen LogP contribution < -0.4 is 4.74 Å². The van der Waals surface area contributed by atoms with Gasteiger partial charge in [-0.15, -0.1) is 45.3 Å². The summed E-state index contributed by atoms with van der Waals surface area (Å²) in [5.74, 6) is -5.47. The number of rotatable bonds is 2. The van der Waals surface area contributed by atoms with E-state index in [2.05, 4.69) is 0 Å². The quantitative estimate of drug-likeness (QED) is 0.0968. The van der Waals surface area contributed by atoms with Crippen LogP contribution in [0.15, 0.2) is 59.7 Å². The number of hydrogen-bond acceptors (Lipinski definition) is 11. The van der Waals surface area contributed by atoms with E-state index in [1.54, 1.807) is 0 Å². The molecule has 7 nitrogen and oxygen atoms in total. The average molecular weight is 861 g/mol. The minimum absolute atomic E-state index is 0.0585. The Morgan fingerprint density at radius 3 is 1.39 bits per heavy atom. The van der Waals surface area contributed by atoms with Gasteiger partial charge in [0.15, 0.2) is 52.2 Å². The molecule has 3 aliphatic carbocycles. The first-order valence-corrected chi connectivity index (χ1v) is 21.8. The van der Waals surface area contributed by atoms with Crippen molar-refractivity contribution in [3.05, 3.63) is 121 Å². The largest absolute Gasteiger partial charge is 0.479 e. The molecule has 288 valence electrons. The van der Waals surface area contributed by atoms with Crippen molar-refractivity contribution in [1.29, 1.82) is 0 Å². The van der Waals surface area contributed by atoms with Crippen molar-refractivity contribution >= 4 is 121 Å². The summed E-state index contributed by atoms with van der Waals surface area (Å²) in [5.41, 5.74) is 0.789. The summed E-state index contributed by atoms with van der Waals surface area (Å²) in [6.45, 7) is 0. The Bertz CT molecular complexity index is 3310. The highest BCUT2D eigenvalue weighted by Crippen LogP contribution is 2.62. The van der Waals surface area contributed by atoms with Gasteiger partial charge < -0.3 is 4.74 Å². The molecule has 0 bridgehead atoms. The van der Waals surface area contributed by atoms with E-state index < -0.39 is 52.0 Å². The molecule has 12 rings (SSSR count). The van der Waals surface area contributed by atoms with Gasteiger partial charge in [0, 0.05) is 27.8 Å². The minimum Gasteiger partial charge on any atom is -0.479 e. The summed E-state index contributed by atoms with van der Waals surface area (Å²) in [6.07, 6.45) is 7.45. The molecule has 0 unspecified atom stereocenters. The number of aromatic nitrogens is 2. The molecule has 1 spiro atoms. The van der Waals surface area contributed by atoms with Crippen LogP contribution in [0.25, 0.3) is 62.5 Å². The molecule has 0 atom stereocenters. The number of halogens is 4. The van der Waals surface area contributed by atoms with E-state index >= 15 is 0 Å². The second kappa shape index (κ2) is 12.2. The van der Waals surface area contributed by atoms with Crippen molar-refractivity contribution in [1.82, 2.24) is 9.97 Å². The van der Waals surface area contributed by atoms with E-state index in [-0.39, 0.29) is 33.4 Å². The maximum absolute atomic E-state index is 14.0. The fourth-order valence-electron chi connectivity index (χ4n) is 8.88. The summed E-state index contributed by atoms with van der Waals surface area (Å²) < 4.78 is 64.7. The molecule has 1 saturated carbocycles. The van der Waals surface area contributed by atoms with Gasteiger partial charge in [0.25, 0.3) is 0 Å². The standard InChI is InChI=1S/C44H20F4N2O5S4/c45-26-10-16-6-20-21(7-17(16)11-27(26)46)34(52)24(33(20)51)14-30-49-42-39(56-30)32-38(58-42)40-37(55-44(32)4-2-1-3-5-44)41-43(59-40)50-31(57-41)15-25-35(53)22-8-18-12-28(47)29(48)13-19(18)9-23(22)36(25)54/h6-15H,1-5H2. The fraction of sp³-hybridized carbons (Fsp3) is 0.136. The molecule has 8 aromatic rings. The lowest BCUT2D eigenvalue weighted by Gasteiger charge is -2.40. The number of benzene rings is 4. The van der Waals surface area contributed by atoms with Crippen molar-refractivity contribution in [3.8, 4) is 15.5 Å². The van der Waals surface area contributed by atoms with Crippen molar-refractivity contribution in [2.24, 2.45) is 0 Å². The second-order valence-electron chi connectivity index (χ2n) is 15.1. The first-order valence-electron chi connectivity index (χ1n) is 18.5. The number of thiazole rings is 2. The Hall–Kier alpha value is -5.74. The van der Waals surface area contributed by atoms with E-state index in [0.717, 1.165) is 85.9 Å². The zero-order valence-corrected chi connectivity index (χ0v) is 33.2. The normalized spacial score (nSPS) is 16.8. The number of carbonyl (C=O) groups excluding carboxylic acids is 4. The molecule has 59 heavy (non-hydrogen) atoms. The van der Waals surface area contributed by atoms with Crippen LogP contribution in [0.2, 0.25) is 0 Å². The van der Waals surface area contributed by atoms with Crippen LogP contribution in [0.4, 0.5) is 17.6 Å². The van der Waals surface area contributed by atoms with Gasteiger partial charge in [0.1, 0.15) is 30.0 Å². The van der Waals surface area contributed by atoms with Crippen molar-refractivity contribution in [3.63, 3.8) is 0 Å². The van der Waals surface area contributed by atoms with Crippen molar-refractivity contribution in [2.75, 3.05) is 0 Å². The Kier molecular flexibility index (Phi) is 7.26. The van der Waals surface area contributed by atoms with E-state index in [1.165, 1.54) is 81.8 Å². The smallest absolute Gasteiger partial charge is 0.197 e. The first-order chi connectivity index (χ1) is 28.4. The Morgan fingerprint density at radius 2 is 0.932 bits per heavy atom. The second-order valence-corrected chi connectivity index (χ2v) is 19.1. The van der Waals surface area contributed by atoms with Crippen LogP contribution in [0.3, 0.4) is 0 Å². The topological polar surface area (TPSA) is 103 Å². The molecule has 1 aliphatic heterocycles. The number of Topliss-reactive ketones (excluding diaryl/α,β-unsaturated/α-hetero) is 4. The summed E-state index contributed by atoms with van der Waals surface area (Å²) in [5, 5.41) is 2.19. The zero-order valence-electron chi connectivity index (χ0n) is 29.9. The van der Waals surface area contributed by atoms with Crippen molar-refractivity contribution < 1.29 is 41.5 Å². The molecule has 15 heteroatoms. The average Bonchev–Trinajstić information content (AvgIpc) is 4.04. The fourth-order valence-corrected chi connectivity index (χ4v) is 13.9. The van der Waals surface area contributed by atoms with E-state index in [0.29, 0.717) is 42.1 Å². The van der Waals surface area contributed by atoms with Gasteiger partial charge in [-0.3, -0.25) is 19.2 Å². The number of thiophene rings is 2. The van der Waals surface area contributed by atoms with Crippen LogP contribution in [0.1, 0.15) is 89.1 Å². The highest BCUT2D eigenvalue weighted by atomic mass is 32.1. The highest BCUT2D eigenvalue weighted by Gasteiger charge is 2.47. The van der Waals surface area contributed by atoms with Gasteiger partial charge in [0.05, 0.1) is 25.6 Å². The van der Waals surface area contributed by atoms with Gasteiger partial charge in [-0.25, -0.2) is 27.5 Å². The Balaban J connectivity index is 0.917. The molecule has 0 N–H and O–H groups in total. The molecule has 4 aromatic heterocycles. The molecule has 1 fully saturated rings. The lowest BCUT2D eigenvalue weighted by Crippen LogP contribution is -2.37. The SMILES string of the molecule is O=C1C(=Cc2nc3sc4c(c3s2)OC2(CCCCC2)c2c-4sc3nc(C=C4C(=O)c5cc6cc(F)c(F)cc6cc5C4=O)sc23)C(=O)c2cc3cc(F)c(F)cc3cc21. The third kappa shape index (κ3) is 4.95. The van der Waals surface area contributed by atoms with E-state index in [9.17, 15) is 36.7 Å². The summed E-state index contributed by atoms with van der Waals surface area (Å²) >= 11 is 5.67. The van der Waals surface area contributed by atoms with Gasteiger partial charge in [0.2, 0.25) is 0 Å². The Labute approximate surface area is 344 Å². The molecule has 0 radical (unpaired) electrons. The van der Waals surface area contributed by atoms with Crippen LogP contribution in [-0.2, 0) is 5.60 Å². The van der Waals surface area contributed by atoms with Crippen molar-refractivity contribution in [2.45, 2.75) is 37.7 Å². The molecular formula is C44H20F4N2O5S4. The number of nitrogens with zero attached hydrogens (tertiary/aromatic N) is 2. The van der Waals surface area contributed by atoms with Gasteiger partial charge in [-0.05, 0) is 108 Å². The minimum atomic E-state index is -1.04. The van der Waals surface area contributed by atoms with Gasteiger partial charge in [-0.1, -0.05) is 6.42 Å². The predicted molar refractivity (Wildman–Crippen MR) is 220 cm³/mol. The number of fused-ring (bicyclic) bond motifs is 12. The van der Waals surface area contributed by atoms with Crippen LogP contribution in [0, 0.1) is 23.3 Å². The number of carbonyl (C=O) groups is 4. The lowest BCUT2D eigenvalue weighted by atomic mass is 9.78. The molecule has 5 heterocycles. The summed E-state index contributed by atoms with van der Waals surface area (Å²) in [4.78, 5) is 67.2. The van der Waals surface area contributed by atoms with Gasteiger partial charge in [-0.2, -0.15) is 0 Å². The first kappa shape index (κ1) is 35.2. The summed E-state index contributed by atoms with van der Waals surface area (Å²) in [7, 11) is 0. The van der Waals surface area contributed by atoms with Gasteiger partial charge >= 0.3 is 0 Å². The lowest BCUT2D eigenvalue weighted by molar-refractivity contribution is 0.0282. The monoisotopic (exact) mass is 860 g/mol. The molecule has 0 saturated heterocycles. The number of ketones is 4. The third-order valence-corrected chi connectivity index (χ3v) is 16.2. The van der Waals surface area contributed by atoms with Crippen LogP contribution in [-0.4, -0.2) is 33.1 Å². The van der Waals surface area contributed by atoms with Crippen LogP contribution in [0.5, 0.6) is 5.75 Å². The number of hydrogen-bond donors (Lipinski definition) is 0. The third-order valence-electron chi connectivity index (χ3n) is 11.6. The maximum atomic E-state index is 14.0.